The normalized spacial score (nSPS) is 24.5. The highest BCUT2D eigenvalue weighted by atomic mass is 16.5. The van der Waals surface area contributed by atoms with Gasteiger partial charge in [-0.3, -0.25) is 14.4 Å². The molecule has 5 atom stereocenters. The van der Waals surface area contributed by atoms with Gasteiger partial charge < -0.3 is 25.7 Å². The topological polar surface area (TPSA) is 129 Å². The van der Waals surface area contributed by atoms with Crippen LogP contribution in [0.1, 0.15) is 72.3 Å². The molecule has 0 bridgehead atoms. The van der Waals surface area contributed by atoms with Crippen molar-refractivity contribution in [2.45, 2.75) is 97.4 Å². The van der Waals surface area contributed by atoms with Crippen LogP contribution in [-0.4, -0.2) is 52.9 Å². The summed E-state index contributed by atoms with van der Waals surface area (Å²) in [7, 11) is 0. The average Bonchev–Trinajstić information content (AvgIpc) is 3.27. The second-order valence-corrected chi connectivity index (χ2v) is 10.9. The number of cyclic esters (lactones) is 1. The highest BCUT2D eigenvalue weighted by molar-refractivity contribution is 5.94. The highest BCUT2D eigenvalue weighted by Gasteiger charge is 2.33. The second kappa shape index (κ2) is 13.4. The van der Waals surface area contributed by atoms with Crippen LogP contribution in [0.3, 0.4) is 0 Å². The molecule has 3 amide bonds. The number of carbonyl (C=O) groups excluding carboxylic acids is 4. The third kappa shape index (κ3) is 7.82. The Hall–Kier alpha value is -3.36. The third-order valence-corrected chi connectivity index (χ3v) is 7.10. The SMILES string of the molecule is CCCCC(C)C1CC(=O)NC(CC(C)C)C(=O)NC(Cc2c[nH]c3ccccc23)C(=O)NC(C)C(=O)O1. The summed E-state index contributed by atoms with van der Waals surface area (Å²) in [5, 5.41) is 9.37. The van der Waals surface area contributed by atoms with Gasteiger partial charge in [-0.1, -0.05) is 58.7 Å². The van der Waals surface area contributed by atoms with Crippen molar-refractivity contribution in [3.05, 3.63) is 36.0 Å². The van der Waals surface area contributed by atoms with Crippen molar-refractivity contribution < 1.29 is 23.9 Å². The van der Waals surface area contributed by atoms with E-state index in [0.29, 0.717) is 6.42 Å². The largest absolute Gasteiger partial charge is 0.460 e. The van der Waals surface area contributed by atoms with E-state index in [1.807, 2.05) is 51.2 Å². The van der Waals surface area contributed by atoms with E-state index in [4.69, 9.17) is 4.74 Å². The predicted octanol–water partition coefficient (Wildman–Crippen LogP) is 3.37. The van der Waals surface area contributed by atoms with Crippen LogP contribution in [0, 0.1) is 11.8 Å². The number of aromatic amines is 1. The molecular weight excluding hydrogens is 484 g/mol. The van der Waals surface area contributed by atoms with Gasteiger partial charge in [0.15, 0.2) is 0 Å². The van der Waals surface area contributed by atoms with E-state index in [1.54, 1.807) is 6.92 Å². The first kappa shape index (κ1) is 29.2. The van der Waals surface area contributed by atoms with Gasteiger partial charge in [0.1, 0.15) is 24.2 Å². The maximum absolute atomic E-state index is 13.4. The smallest absolute Gasteiger partial charge is 0.328 e. The Morgan fingerprint density at radius 1 is 0.974 bits per heavy atom. The zero-order chi connectivity index (χ0) is 27.8. The summed E-state index contributed by atoms with van der Waals surface area (Å²) in [6.45, 7) is 9.53. The van der Waals surface area contributed by atoms with E-state index in [-0.39, 0.29) is 30.6 Å². The van der Waals surface area contributed by atoms with E-state index < -0.39 is 42.0 Å². The fourth-order valence-electron chi connectivity index (χ4n) is 4.84. The van der Waals surface area contributed by atoms with Crippen LogP contribution in [-0.2, 0) is 30.3 Å². The lowest BCUT2D eigenvalue weighted by Crippen LogP contribution is -2.56. The zero-order valence-electron chi connectivity index (χ0n) is 23.1. The first-order valence-electron chi connectivity index (χ1n) is 13.7. The molecule has 1 saturated heterocycles. The lowest BCUT2D eigenvalue weighted by Gasteiger charge is -2.26. The van der Waals surface area contributed by atoms with Gasteiger partial charge in [-0.15, -0.1) is 0 Å². The molecule has 1 aliphatic rings. The molecule has 1 aromatic heterocycles. The fraction of sp³-hybridized carbons (Fsp3) is 0.586. The van der Waals surface area contributed by atoms with Crippen molar-refractivity contribution in [3.63, 3.8) is 0 Å². The number of fused-ring (bicyclic) bond motifs is 1. The molecule has 0 aliphatic carbocycles. The average molecular weight is 527 g/mol. The number of benzene rings is 1. The van der Waals surface area contributed by atoms with Crippen LogP contribution in [0.4, 0.5) is 0 Å². The molecule has 9 nitrogen and oxygen atoms in total. The van der Waals surface area contributed by atoms with Crippen molar-refractivity contribution in [2.24, 2.45) is 11.8 Å². The molecule has 0 spiro atoms. The number of carbonyl (C=O) groups is 4. The number of para-hydroxylation sites is 1. The van der Waals surface area contributed by atoms with Crippen molar-refractivity contribution >= 4 is 34.6 Å². The summed E-state index contributed by atoms with van der Waals surface area (Å²) in [6, 6.07) is 4.99. The lowest BCUT2D eigenvalue weighted by molar-refractivity contribution is -0.156. The third-order valence-electron chi connectivity index (χ3n) is 7.10. The molecule has 9 heteroatoms. The first-order chi connectivity index (χ1) is 18.1. The van der Waals surface area contributed by atoms with E-state index in [0.717, 1.165) is 35.7 Å². The number of hydrogen-bond acceptors (Lipinski definition) is 5. The predicted molar refractivity (Wildman–Crippen MR) is 146 cm³/mol. The fourth-order valence-corrected chi connectivity index (χ4v) is 4.84. The number of amides is 3. The maximum Gasteiger partial charge on any atom is 0.328 e. The summed E-state index contributed by atoms with van der Waals surface area (Å²) in [5.74, 6) is -1.80. The number of rotatable bonds is 8. The summed E-state index contributed by atoms with van der Waals surface area (Å²) >= 11 is 0. The molecular formula is C29H42N4O5. The molecule has 4 N–H and O–H groups in total. The van der Waals surface area contributed by atoms with Gasteiger partial charge >= 0.3 is 5.97 Å². The Morgan fingerprint density at radius 2 is 1.68 bits per heavy atom. The molecule has 1 fully saturated rings. The molecule has 208 valence electrons. The van der Waals surface area contributed by atoms with Gasteiger partial charge in [-0.2, -0.15) is 0 Å². The van der Waals surface area contributed by atoms with Crippen LogP contribution in [0.5, 0.6) is 0 Å². The molecule has 3 rings (SSSR count). The molecule has 1 aromatic carbocycles. The minimum absolute atomic E-state index is 0.0437. The summed E-state index contributed by atoms with van der Waals surface area (Å²) < 4.78 is 5.77. The maximum atomic E-state index is 13.4. The molecule has 38 heavy (non-hydrogen) atoms. The molecule has 2 aromatic rings. The molecule has 2 heterocycles. The Bertz CT molecular complexity index is 1130. The van der Waals surface area contributed by atoms with Crippen molar-refractivity contribution in [1.82, 2.24) is 20.9 Å². The van der Waals surface area contributed by atoms with Crippen LogP contribution >= 0.6 is 0 Å². The molecule has 0 saturated carbocycles. The van der Waals surface area contributed by atoms with Crippen molar-refractivity contribution in [1.29, 1.82) is 0 Å². The van der Waals surface area contributed by atoms with Crippen molar-refractivity contribution in [2.75, 3.05) is 0 Å². The number of nitrogens with one attached hydrogen (secondary N) is 4. The number of esters is 1. The Morgan fingerprint density at radius 3 is 2.39 bits per heavy atom. The van der Waals surface area contributed by atoms with E-state index in [2.05, 4.69) is 27.9 Å². The number of H-pyrrole nitrogens is 1. The number of ether oxygens (including phenoxy) is 1. The quantitative estimate of drug-likeness (QED) is 0.392. The number of unbranched alkanes of at least 4 members (excludes halogenated alkanes) is 1. The van der Waals surface area contributed by atoms with Gasteiger partial charge in [0, 0.05) is 23.5 Å². The monoisotopic (exact) mass is 526 g/mol. The van der Waals surface area contributed by atoms with E-state index >= 15 is 0 Å². The number of aromatic nitrogens is 1. The standard InChI is InChI=1S/C29H42N4O5/c1-6-7-10-18(4)25-15-26(34)32-23(13-17(2)3)28(36)33-24(27(35)31-19(5)29(37)38-25)14-20-16-30-22-12-9-8-11-21(20)22/h8-9,11-12,16-19,23-25,30H,6-7,10,13-15H2,1-5H3,(H,31,35)(H,32,34)(H,33,36). The Labute approximate surface area is 224 Å². The summed E-state index contributed by atoms with van der Waals surface area (Å²) in [6.07, 6.45) is 4.46. The Balaban J connectivity index is 1.91. The molecule has 1 aliphatic heterocycles. The Kier molecular flexibility index (Phi) is 10.3. The first-order valence-corrected chi connectivity index (χ1v) is 13.7. The van der Waals surface area contributed by atoms with Crippen LogP contribution in [0.15, 0.2) is 30.5 Å². The van der Waals surface area contributed by atoms with Gasteiger partial charge in [0.25, 0.3) is 0 Å². The highest BCUT2D eigenvalue weighted by Crippen LogP contribution is 2.21. The van der Waals surface area contributed by atoms with Gasteiger partial charge in [0.05, 0.1) is 6.42 Å². The minimum atomic E-state index is -0.955. The zero-order valence-corrected chi connectivity index (χ0v) is 23.1. The summed E-state index contributed by atoms with van der Waals surface area (Å²) in [5.41, 5.74) is 1.78. The van der Waals surface area contributed by atoms with Crippen LogP contribution < -0.4 is 16.0 Å². The molecule has 5 unspecified atom stereocenters. The lowest BCUT2D eigenvalue weighted by atomic mass is 9.95. The van der Waals surface area contributed by atoms with Gasteiger partial charge in [-0.25, -0.2) is 4.79 Å². The minimum Gasteiger partial charge on any atom is -0.460 e. The van der Waals surface area contributed by atoms with Crippen LogP contribution in [0.25, 0.3) is 10.9 Å². The van der Waals surface area contributed by atoms with Crippen LogP contribution in [0.2, 0.25) is 0 Å². The second-order valence-electron chi connectivity index (χ2n) is 10.9. The van der Waals surface area contributed by atoms with E-state index in [9.17, 15) is 19.2 Å². The van der Waals surface area contributed by atoms with Gasteiger partial charge in [0.2, 0.25) is 17.7 Å². The van der Waals surface area contributed by atoms with Crippen molar-refractivity contribution in [3.8, 4) is 0 Å². The summed E-state index contributed by atoms with van der Waals surface area (Å²) in [4.78, 5) is 56.1. The van der Waals surface area contributed by atoms with Gasteiger partial charge in [-0.05, 0) is 43.2 Å². The number of hydrogen-bond donors (Lipinski definition) is 4. The molecule has 0 radical (unpaired) electrons. The van der Waals surface area contributed by atoms with E-state index in [1.165, 1.54) is 0 Å².